The van der Waals surface area contributed by atoms with Crippen LogP contribution in [0, 0.1) is 0 Å². The second kappa shape index (κ2) is 20.1. The van der Waals surface area contributed by atoms with Gasteiger partial charge in [-0.05, 0) is 61.4 Å². The Bertz CT molecular complexity index is 1010. The van der Waals surface area contributed by atoms with E-state index in [0.29, 0.717) is 40.7 Å². The van der Waals surface area contributed by atoms with E-state index >= 15 is 0 Å². The molecule has 6 nitrogen and oxygen atoms in total. The van der Waals surface area contributed by atoms with Gasteiger partial charge in [0.05, 0.1) is 18.4 Å². The second-order valence-electron chi connectivity index (χ2n) is 9.82. The van der Waals surface area contributed by atoms with Crippen LogP contribution in [0.15, 0.2) is 47.6 Å². The van der Waals surface area contributed by atoms with Crippen LogP contribution in [0.2, 0.25) is 5.02 Å². The molecule has 0 aliphatic rings. The van der Waals surface area contributed by atoms with Crippen LogP contribution < -0.4 is 14.9 Å². The molecule has 0 saturated carbocycles. The fourth-order valence-corrected chi connectivity index (χ4v) is 4.37. The summed E-state index contributed by atoms with van der Waals surface area (Å²) in [5.41, 5.74) is 3.69. The second-order valence-corrected chi connectivity index (χ2v) is 10.3. The minimum Gasteiger partial charge on any atom is -0.490 e. The standard InChI is InChI=1S/C32H45ClN2O4/c1-3-5-6-7-8-9-10-11-12-13-14-15-16-17-31(36)35-34-25-26-18-23-29(30(24-26)38-4-2)39-32(37)27-19-21-28(33)22-20-27/h18-25H,3-17H2,1-2H3,(H,35,36)/b34-25+. The highest BCUT2D eigenvalue weighted by Crippen LogP contribution is 2.29. The third-order valence-corrected chi connectivity index (χ3v) is 6.71. The van der Waals surface area contributed by atoms with Gasteiger partial charge in [0.1, 0.15) is 0 Å². The fraction of sp³-hybridized carbons (Fsp3) is 0.531. The highest BCUT2D eigenvalue weighted by molar-refractivity contribution is 6.30. The van der Waals surface area contributed by atoms with E-state index < -0.39 is 5.97 Å². The van der Waals surface area contributed by atoms with E-state index in [-0.39, 0.29) is 5.91 Å². The molecule has 0 bridgehead atoms. The van der Waals surface area contributed by atoms with E-state index in [1.807, 2.05) is 6.92 Å². The van der Waals surface area contributed by atoms with Crippen molar-refractivity contribution in [3.63, 3.8) is 0 Å². The molecule has 0 radical (unpaired) electrons. The molecule has 39 heavy (non-hydrogen) atoms. The Balaban J connectivity index is 1.64. The number of nitrogens with one attached hydrogen (secondary N) is 1. The van der Waals surface area contributed by atoms with Crippen molar-refractivity contribution in [3.8, 4) is 11.5 Å². The quantitative estimate of drug-likeness (QED) is 0.0580. The minimum absolute atomic E-state index is 0.0899. The molecule has 2 aromatic rings. The van der Waals surface area contributed by atoms with E-state index in [4.69, 9.17) is 21.1 Å². The van der Waals surface area contributed by atoms with E-state index in [1.54, 1.807) is 48.7 Å². The third-order valence-electron chi connectivity index (χ3n) is 6.46. The number of carbonyl (C=O) groups is 2. The van der Waals surface area contributed by atoms with Crippen LogP contribution in [-0.4, -0.2) is 24.7 Å². The van der Waals surface area contributed by atoms with Crippen LogP contribution >= 0.6 is 11.6 Å². The van der Waals surface area contributed by atoms with Crippen LogP contribution in [-0.2, 0) is 4.79 Å². The molecule has 0 unspecified atom stereocenters. The highest BCUT2D eigenvalue weighted by atomic mass is 35.5. The molecule has 2 rings (SSSR count). The smallest absolute Gasteiger partial charge is 0.343 e. The summed E-state index contributed by atoms with van der Waals surface area (Å²) in [6.45, 7) is 4.51. The highest BCUT2D eigenvalue weighted by Gasteiger charge is 2.13. The van der Waals surface area contributed by atoms with Crippen molar-refractivity contribution >= 4 is 29.7 Å². The van der Waals surface area contributed by atoms with Crippen molar-refractivity contribution in [2.45, 2.75) is 104 Å². The molecule has 0 saturated heterocycles. The summed E-state index contributed by atoms with van der Waals surface area (Å²) in [6.07, 6.45) is 18.6. The number of hydrogen-bond acceptors (Lipinski definition) is 5. The van der Waals surface area contributed by atoms with Gasteiger partial charge in [0.2, 0.25) is 5.91 Å². The first-order valence-corrected chi connectivity index (χ1v) is 15.0. The molecular weight excluding hydrogens is 512 g/mol. The normalized spacial score (nSPS) is 11.1. The average molecular weight is 557 g/mol. The number of unbranched alkanes of at least 4 members (excludes halogenated alkanes) is 12. The lowest BCUT2D eigenvalue weighted by molar-refractivity contribution is -0.121. The predicted octanol–water partition coefficient (Wildman–Crippen LogP) is 8.89. The zero-order valence-electron chi connectivity index (χ0n) is 23.7. The molecule has 0 atom stereocenters. The summed E-state index contributed by atoms with van der Waals surface area (Å²) in [5, 5.41) is 4.61. The molecule has 0 aromatic heterocycles. The Morgan fingerprint density at radius 1 is 0.795 bits per heavy atom. The summed E-state index contributed by atoms with van der Waals surface area (Å²) < 4.78 is 11.2. The van der Waals surface area contributed by atoms with Crippen molar-refractivity contribution in [2.24, 2.45) is 5.10 Å². The van der Waals surface area contributed by atoms with Gasteiger partial charge in [-0.3, -0.25) is 4.79 Å². The first kappa shape index (κ1) is 32.4. The molecule has 0 spiro atoms. The number of benzene rings is 2. The summed E-state index contributed by atoms with van der Waals surface area (Å²) in [5.74, 6) is 0.129. The lowest BCUT2D eigenvalue weighted by Crippen LogP contribution is -2.16. The van der Waals surface area contributed by atoms with Gasteiger partial charge in [0.25, 0.3) is 0 Å². The average Bonchev–Trinajstić information content (AvgIpc) is 2.93. The molecule has 1 N–H and O–H groups in total. The summed E-state index contributed by atoms with van der Waals surface area (Å²) >= 11 is 5.88. The molecule has 0 aliphatic carbocycles. The Labute approximate surface area is 239 Å². The van der Waals surface area contributed by atoms with E-state index in [9.17, 15) is 9.59 Å². The van der Waals surface area contributed by atoms with Gasteiger partial charge < -0.3 is 9.47 Å². The SMILES string of the molecule is CCCCCCCCCCCCCCCC(=O)N/N=C/c1ccc(OC(=O)c2ccc(Cl)cc2)c(OCC)c1. The van der Waals surface area contributed by atoms with Gasteiger partial charge in [0, 0.05) is 11.4 Å². The zero-order valence-corrected chi connectivity index (χ0v) is 24.4. The Kier molecular flexibility index (Phi) is 16.7. The van der Waals surface area contributed by atoms with Crippen LogP contribution in [0.4, 0.5) is 0 Å². The van der Waals surface area contributed by atoms with Crippen LogP contribution in [0.1, 0.15) is 120 Å². The molecule has 7 heteroatoms. The Morgan fingerprint density at radius 3 is 1.97 bits per heavy atom. The maximum atomic E-state index is 12.5. The topological polar surface area (TPSA) is 77.0 Å². The largest absolute Gasteiger partial charge is 0.490 e. The summed E-state index contributed by atoms with van der Waals surface area (Å²) in [6, 6.07) is 11.6. The monoisotopic (exact) mass is 556 g/mol. The van der Waals surface area contributed by atoms with Gasteiger partial charge in [-0.25, -0.2) is 10.2 Å². The predicted molar refractivity (Wildman–Crippen MR) is 160 cm³/mol. The number of nitrogens with zero attached hydrogens (tertiary/aromatic N) is 1. The van der Waals surface area contributed by atoms with Crippen molar-refractivity contribution < 1.29 is 19.1 Å². The zero-order chi connectivity index (χ0) is 28.1. The van der Waals surface area contributed by atoms with Gasteiger partial charge >= 0.3 is 5.97 Å². The third kappa shape index (κ3) is 14.2. The lowest BCUT2D eigenvalue weighted by atomic mass is 10.0. The van der Waals surface area contributed by atoms with Crippen molar-refractivity contribution in [2.75, 3.05) is 6.61 Å². The van der Waals surface area contributed by atoms with Crippen LogP contribution in [0.5, 0.6) is 11.5 Å². The number of hydrogen-bond donors (Lipinski definition) is 1. The van der Waals surface area contributed by atoms with E-state index in [0.717, 1.165) is 12.8 Å². The first-order chi connectivity index (χ1) is 19.0. The number of rotatable bonds is 20. The number of carbonyl (C=O) groups excluding carboxylic acids is 2. The molecule has 2 aromatic carbocycles. The van der Waals surface area contributed by atoms with Gasteiger partial charge in [0.15, 0.2) is 11.5 Å². The van der Waals surface area contributed by atoms with Crippen molar-refractivity contribution in [1.82, 2.24) is 5.43 Å². The fourth-order valence-electron chi connectivity index (χ4n) is 4.24. The van der Waals surface area contributed by atoms with Crippen molar-refractivity contribution in [3.05, 3.63) is 58.6 Å². The van der Waals surface area contributed by atoms with Gasteiger partial charge in [-0.2, -0.15) is 5.10 Å². The number of amides is 1. The number of halogens is 1. The summed E-state index contributed by atoms with van der Waals surface area (Å²) in [4.78, 5) is 24.6. The molecule has 0 heterocycles. The van der Waals surface area contributed by atoms with Gasteiger partial charge in [-0.15, -0.1) is 0 Å². The Morgan fingerprint density at radius 2 is 1.38 bits per heavy atom. The summed E-state index contributed by atoms with van der Waals surface area (Å²) in [7, 11) is 0. The van der Waals surface area contributed by atoms with Crippen molar-refractivity contribution in [1.29, 1.82) is 0 Å². The van der Waals surface area contributed by atoms with Crippen LogP contribution in [0.3, 0.4) is 0 Å². The maximum absolute atomic E-state index is 12.5. The lowest BCUT2D eigenvalue weighted by Gasteiger charge is -2.11. The van der Waals surface area contributed by atoms with Gasteiger partial charge in [-0.1, -0.05) is 95.6 Å². The molecule has 0 fully saturated rings. The number of esters is 1. The molecule has 0 aliphatic heterocycles. The molecular formula is C32H45ClN2O4. The molecule has 1 amide bonds. The van der Waals surface area contributed by atoms with E-state index in [2.05, 4.69) is 17.5 Å². The first-order valence-electron chi connectivity index (χ1n) is 14.6. The molecule has 214 valence electrons. The maximum Gasteiger partial charge on any atom is 0.343 e. The van der Waals surface area contributed by atoms with Crippen LogP contribution in [0.25, 0.3) is 0 Å². The Hall–Kier alpha value is -2.86. The number of hydrazone groups is 1. The minimum atomic E-state index is -0.505. The number of ether oxygens (including phenoxy) is 2. The van der Waals surface area contributed by atoms with E-state index in [1.165, 1.54) is 70.6 Å².